The van der Waals surface area contributed by atoms with Gasteiger partial charge in [-0.15, -0.1) is 0 Å². The predicted molar refractivity (Wildman–Crippen MR) is 88.3 cm³/mol. The second-order valence-electron chi connectivity index (χ2n) is 4.57. The molecule has 0 aliphatic carbocycles. The molecule has 1 aliphatic rings. The number of fused-ring (bicyclic) bond motifs is 1. The molecular weight excluding hydrogens is 346 g/mol. The van der Waals surface area contributed by atoms with Gasteiger partial charge in [0, 0.05) is 16.2 Å². The normalized spacial score (nSPS) is 13.5. The Hall–Kier alpha value is -2.38. The number of aromatic nitrogens is 1. The molecule has 7 heteroatoms. The molecule has 0 saturated heterocycles. The molecule has 1 aliphatic heterocycles. The van der Waals surface area contributed by atoms with E-state index in [0.29, 0.717) is 11.4 Å². The summed E-state index contributed by atoms with van der Waals surface area (Å²) in [6.07, 6.45) is 1.70. The van der Waals surface area contributed by atoms with Crippen molar-refractivity contribution in [3.63, 3.8) is 0 Å². The highest BCUT2D eigenvalue weighted by Crippen LogP contribution is 2.28. The van der Waals surface area contributed by atoms with Gasteiger partial charge in [0.15, 0.2) is 0 Å². The molecule has 1 aromatic carbocycles. The van der Waals surface area contributed by atoms with Crippen LogP contribution in [-0.2, 0) is 4.79 Å². The molecule has 6 nitrogen and oxygen atoms in total. The Morgan fingerprint density at radius 1 is 1.27 bits per heavy atom. The Morgan fingerprint density at radius 3 is 2.86 bits per heavy atom. The SMILES string of the molecule is NNC(=O)C1=Nc2ccc(Br)cc2C(c2ccccn2)=NC1. The molecule has 3 rings (SSSR count). The minimum Gasteiger partial charge on any atom is -0.289 e. The molecule has 2 heterocycles. The lowest BCUT2D eigenvalue weighted by atomic mass is 10.0. The molecule has 0 spiro atoms. The molecule has 0 unspecified atom stereocenters. The smallest absolute Gasteiger partial charge is 0.281 e. The number of hydrogen-bond donors (Lipinski definition) is 2. The zero-order chi connectivity index (χ0) is 15.5. The van der Waals surface area contributed by atoms with Crippen molar-refractivity contribution < 1.29 is 4.79 Å². The number of pyridine rings is 1. The topological polar surface area (TPSA) is 92.7 Å². The van der Waals surface area contributed by atoms with Gasteiger partial charge in [-0.3, -0.25) is 20.2 Å². The van der Waals surface area contributed by atoms with Gasteiger partial charge < -0.3 is 0 Å². The van der Waals surface area contributed by atoms with Crippen LogP contribution in [0.2, 0.25) is 0 Å². The maximum Gasteiger partial charge on any atom is 0.281 e. The van der Waals surface area contributed by atoms with Crippen LogP contribution in [0.25, 0.3) is 0 Å². The van der Waals surface area contributed by atoms with Crippen molar-refractivity contribution in [1.82, 2.24) is 10.4 Å². The van der Waals surface area contributed by atoms with Crippen molar-refractivity contribution in [3.05, 3.63) is 58.3 Å². The Morgan fingerprint density at radius 2 is 2.14 bits per heavy atom. The lowest BCUT2D eigenvalue weighted by Gasteiger charge is -2.07. The fourth-order valence-corrected chi connectivity index (χ4v) is 2.50. The number of aliphatic imine (C=N–C) groups is 2. The van der Waals surface area contributed by atoms with Crippen molar-refractivity contribution in [3.8, 4) is 0 Å². The monoisotopic (exact) mass is 357 g/mol. The van der Waals surface area contributed by atoms with E-state index in [2.05, 4.69) is 36.3 Å². The van der Waals surface area contributed by atoms with Gasteiger partial charge >= 0.3 is 0 Å². The minimum absolute atomic E-state index is 0.140. The van der Waals surface area contributed by atoms with Gasteiger partial charge in [-0.25, -0.2) is 10.8 Å². The summed E-state index contributed by atoms with van der Waals surface area (Å²) in [4.78, 5) is 25.0. The van der Waals surface area contributed by atoms with E-state index in [1.807, 2.05) is 36.4 Å². The third-order valence-corrected chi connectivity index (χ3v) is 3.65. The van der Waals surface area contributed by atoms with Crippen LogP contribution in [0.5, 0.6) is 0 Å². The van der Waals surface area contributed by atoms with Gasteiger partial charge in [-0.1, -0.05) is 22.0 Å². The first-order valence-corrected chi connectivity index (χ1v) is 7.32. The van der Waals surface area contributed by atoms with Crippen molar-refractivity contribution in [2.24, 2.45) is 15.8 Å². The van der Waals surface area contributed by atoms with Gasteiger partial charge in [-0.05, 0) is 30.3 Å². The molecule has 22 heavy (non-hydrogen) atoms. The standard InChI is InChI=1S/C15H12BrN5O/c16-9-4-5-11-10(7-9)14(12-3-1-2-6-18-12)19-8-13(20-11)15(22)21-17/h1-7H,8,17H2,(H,21,22). The maximum absolute atomic E-state index is 11.8. The number of halogens is 1. The van der Waals surface area contributed by atoms with Crippen molar-refractivity contribution in [2.75, 3.05) is 6.54 Å². The summed E-state index contributed by atoms with van der Waals surface area (Å²) in [5.41, 5.74) is 5.25. The van der Waals surface area contributed by atoms with Crippen LogP contribution in [0.1, 0.15) is 11.3 Å². The number of nitrogens with two attached hydrogens (primary N) is 1. The Labute approximate surface area is 135 Å². The van der Waals surface area contributed by atoms with E-state index in [1.54, 1.807) is 6.20 Å². The highest BCUT2D eigenvalue weighted by molar-refractivity contribution is 9.10. The molecule has 0 atom stereocenters. The molecular formula is C15H12BrN5O. The molecule has 0 radical (unpaired) electrons. The zero-order valence-corrected chi connectivity index (χ0v) is 13.0. The number of hydrogen-bond acceptors (Lipinski definition) is 5. The van der Waals surface area contributed by atoms with Gasteiger partial charge in [0.2, 0.25) is 0 Å². The summed E-state index contributed by atoms with van der Waals surface area (Å²) in [6, 6.07) is 11.2. The van der Waals surface area contributed by atoms with E-state index >= 15 is 0 Å². The predicted octanol–water partition coefficient (Wildman–Crippen LogP) is 1.76. The van der Waals surface area contributed by atoms with E-state index in [-0.39, 0.29) is 12.3 Å². The molecule has 1 aromatic heterocycles. The number of carbonyl (C=O) groups excluding carboxylic acids is 1. The minimum atomic E-state index is -0.445. The summed E-state index contributed by atoms with van der Waals surface area (Å²) < 4.78 is 0.900. The number of rotatable bonds is 2. The Kier molecular flexibility index (Phi) is 4.08. The molecule has 3 N–H and O–H groups in total. The lowest BCUT2D eigenvalue weighted by molar-refractivity contribution is -0.114. The first kappa shape index (κ1) is 14.6. The average Bonchev–Trinajstić information content (AvgIpc) is 2.74. The fraction of sp³-hybridized carbons (Fsp3) is 0.0667. The molecule has 0 fully saturated rings. The summed E-state index contributed by atoms with van der Waals surface area (Å²) >= 11 is 3.45. The molecule has 0 saturated carbocycles. The quantitative estimate of drug-likeness (QED) is 0.487. The summed E-state index contributed by atoms with van der Waals surface area (Å²) in [5, 5.41) is 0. The number of hydrazine groups is 1. The van der Waals surface area contributed by atoms with E-state index in [0.717, 1.165) is 15.7 Å². The van der Waals surface area contributed by atoms with E-state index in [9.17, 15) is 4.79 Å². The van der Waals surface area contributed by atoms with Crippen LogP contribution in [0, 0.1) is 0 Å². The molecule has 110 valence electrons. The highest BCUT2D eigenvalue weighted by atomic mass is 79.9. The zero-order valence-electron chi connectivity index (χ0n) is 11.5. The second-order valence-corrected chi connectivity index (χ2v) is 5.49. The number of benzene rings is 1. The van der Waals surface area contributed by atoms with E-state index in [4.69, 9.17) is 5.84 Å². The largest absolute Gasteiger partial charge is 0.289 e. The lowest BCUT2D eigenvalue weighted by Crippen LogP contribution is -2.37. The number of carbonyl (C=O) groups is 1. The first-order valence-electron chi connectivity index (χ1n) is 6.53. The van der Waals surface area contributed by atoms with Crippen molar-refractivity contribution >= 4 is 38.9 Å². The van der Waals surface area contributed by atoms with Crippen LogP contribution >= 0.6 is 15.9 Å². The number of nitrogens with one attached hydrogen (secondary N) is 1. The first-order chi connectivity index (χ1) is 10.7. The van der Waals surface area contributed by atoms with Gasteiger partial charge in [-0.2, -0.15) is 0 Å². The van der Waals surface area contributed by atoms with Crippen LogP contribution in [0.15, 0.2) is 57.1 Å². The van der Waals surface area contributed by atoms with Crippen LogP contribution in [0.3, 0.4) is 0 Å². The summed E-state index contributed by atoms with van der Waals surface area (Å²) in [6.45, 7) is 0.140. The van der Waals surface area contributed by atoms with Gasteiger partial charge in [0.1, 0.15) is 5.71 Å². The number of nitrogens with zero attached hydrogens (tertiary/aromatic N) is 3. The third kappa shape index (κ3) is 2.81. The summed E-state index contributed by atoms with van der Waals surface area (Å²) in [7, 11) is 0. The number of amides is 1. The van der Waals surface area contributed by atoms with E-state index < -0.39 is 5.91 Å². The van der Waals surface area contributed by atoms with Crippen LogP contribution in [-0.4, -0.2) is 28.9 Å². The fourth-order valence-electron chi connectivity index (χ4n) is 2.14. The third-order valence-electron chi connectivity index (χ3n) is 3.16. The molecule has 0 bridgehead atoms. The average molecular weight is 358 g/mol. The van der Waals surface area contributed by atoms with Crippen LogP contribution in [0.4, 0.5) is 5.69 Å². The Bertz CT molecular complexity index is 786. The summed E-state index contributed by atoms with van der Waals surface area (Å²) in [5.74, 6) is 4.75. The van der Waals surface area contributed by atoms with Gasteiger partial charge in [0.05, 0.1) is 23.6 Å². The maximum atomic E-state index is 11.8. The van der Waals surface area contributed by atoms with E-state index in [1.165, 1.54) is 0 Å². The van der Waals surface area contributed by atoms with Crippen LogP contribution < -0.4 is 11.3 Å². The molecule has 1 amide bonds. The Balaban J connectivity index is 2.17. The van der Waals surface area contributed by atoms with Crippen molar-refractivity contribution in [2.45, 2.75) is 0 Å². The highest BCUT2D eigenvalue weighted by Gasteiger charge is 2.20. The van der Waals surface area contributed by atoms with Crippen molar-refractivity contribution in [1.29, 1.82) is 0 Å². The second kappa shape index (κ2) is 6.17. The van der Waals surface area contributed by atoms with Gasteiger partial charge in [0.25, 0.3) is 5.91 Å². The molecule has 2 aromatic rings.